The van der Waals surface area contributed by atoms with Gasteiger partial charge in [-0.25, -0.2) is 0 Å². The number of amides is 2. The predicted molar refractivity (Wildman–Crippen MR) is 73.8 cm³/mol. The van der Waals surface area contributed by atoms with Crippen molar-refractivity contribution in [3.63, 3.8) is 0 Å². The van der Waals surface area contributed by atoms with Crippen LogP contribution in [0.2, 0.25) is 0 Å². The molecule has 1 heterocycles. The van der Waals surface area contributed by atoms with Crippen LogP contribution in [0.15, 0.2) is 18.3 Å². The van der Waals surface area contributed by atoms with E-state index in [1.807, 2.05) is 13.8 Å². The van der Waals surface area contributed by atoms with E-state index in [4.69, 9.17) is 0 Å². The normalized spacial score (nSPS) is 10.0. The van der Waals surface area contributed by atoms with Gasteiger partial charge in [-0.2, -0.15) is 0 Å². The van der Waals surface area contributed by atoms with Crippen molar-refractivity contribution in [1.82, 2.24) is 15.6 Å². The Morgan fingerprint density at radius 3 is 2.58 bits per heavy atom. The van der Waals surface area contributed by atoms with Gasteiger partial charge in [-0.15, -0.1) is 0 Å². The number of unbranched alkanes of at least 4 members (excludes halogenated alkanes) is 1. The van der Waals surface area contributed by atoms with Gasteiger partial charge >= 0.3 is 0 Å². The molecule has 1 rings (SSSR count). The highest BCUT2D eigenvalue weighted by Gasteiger charge is 2.05. The second-order valence-electron chi connectivity index (χ2n) is 4.40. The Morgan fingerprint density at radius 2 is 1.95 bits per heavy atom. The quantitative estimate of drug-likeness (QED) is 0.731. The zero-order valence-corrected chi connectivity index (χ0v) is 11.5. The third-order valence-corrected chi connectivity index (χ3v) is 2.66. The second-order valence-corrected chi connectivity index (χ2v) is 4.40. The first kappa shape index (κ1) is 15.1. The summed E-state index contributed by atoms with van der Waals surface area (Å²) >= 11 is 0. The molecule has 0 bridgehead atoms. The Kier molecular flexibility index (Phi) is 6.57. The van der Waals surface area contributed by atoms with Crippen molar-refractivity contribution in [3.05, 3.63) is 29.6 Å². The number of nitrogens with one attached hydrogen (secondary N) is 2. The van der Waals surface area contributed by atoms with Crippen LogP contribution in [0.1, 0.15) is 42.2 Å². The largest absolute Gasteiger partial charge is 0.354 e. The molecule has 1 aromatic rings. The van der Waals surface area contributed by atoms with Crippen LogP contribution in [0.25, 0.3) is 0 Å². The van der Waals surface area contributed by atoms with E-state index in [2.05, 4.69) is 15.6 Å². The molecule has 5 nitrogen and oxygen atoms in total. The molecule has 5 heteroatoms. The van der Waals surface area contributed by atoms with E-state index < -0.39 is 0 Å². The summed E-state index contributed by atoms with van der Waals surface area (Å²) in [5, 5.41) is 5.50. The van der Waals surface area contributed by atoms with Crippen LogP contribution in [0, 0.1) is 6.92 Å². The molecule has 0 aromatic carbocycles. The summed E-state index contributed by atoms with van der Waals surface area (Å²) in [5.41, 5.74) is 1.41. The number of pyridine rings is 1. The molecule has 0 aliphatic rings. The lowest BCUT2D eigenvalue weighted by Crippen LogP contribution is -2.34. The maximum absolute atomic E-state index is 11.7. The van der Waals surface area contributed by atoms with Crippen molar-refractivity contribution < 1.29 is 9.59 Å². The number of hydrogen-bond donors (Lipinski definition) is 2. The average molecular weight is 263 g/mol. The van der Waals surface area contributed by atoms with E-state index in [9.17, 15) is 9.59 Å². The molecule has 2 amide bonds. The van der Waals surface area contributed by atoms with Crippen LogP contribution in [0.3, 0.4) is 0 Å². The van der Waals surface area contributed by atoms with Crippen molar-refractivity contribution in [2.24, 2.45) is 0 Å². The maximum atomic E-state index is 11.7. The fourth-order valence-corrected chi connectivity index (χ4v) is 1.51. The first-order valence-corrected chi connectivity index (χ1v) is 6.61. The second kappa shape index (κ2) is 8.24. The maximum Gasteiger partial charge on any atom is 0.252 e. The zero-order valence-electron chi connectivity index (χ0n) is 11.5. The Labute approximate surface area is 113 Å². The fourth-order valence-electron chi connectivity index (χ4n) is 1.51. The number of aryl methyl sites for hydroxylation is 1. The van der Waals surface area contributed by atoms with E-state index in [0.29, 0.717) is 25.1 Å². The smallest absolute Gasteiger partial charge is 0.252 e. The van der Waals surface area contributed by atoms with Crippen molar-refractivity contribution in [1.29, 1.82) is 0 Å². The lowest BCUT2D eigenvalue weighted by molar-refractivity contribution is -0.121. The van der Waals surface area contributed by atoms with Crippen molar-refractivity contribution in [2.45, 2.75) is 33.1 Å². The fraction of sp³-hybridized carbons (Fsp3) is 0.500. The minimum absolute atomic E-state index is 0.0353. The van der Waals surface area contributed by atoms with E-state index in [1.54, 1.807) is 18.3 Å². The molecule has 104 valence electrons. The monoisotopic (exact) mass is 263 g/mol. The molecule has 0 atom stereocenters. The molecule has 0 radical (unpaired) electrons. The van der Waals surface area contributed by atoms with E-state index >= 15 is 0 Å². The minimum Gasteiger partial charge on any atom is -0.354 e. The summed E-state index contributed by atoms with van der Waals surface area (Å²) in [7, 11) is 0. The van der Waals surface area contributed by atoms with Crippen molar-refractivity contribution in [3.8, 4) is 0 Å². The molecule has 2 N–H and O–H groups in total. The third-order valence-electron chi connectivity index (χ3n) is 2.66. The van der Waals surface area contributed by atoms with E-state index in [0.717, 1.165) is 18.5 Å². The third kappa shape index (κ3) is 5.99. The standard InChI is InChI=1S/C14H21N3O2/c1-3-4-5-13(18)15-8-9-16-14(19)12-7-6-11(2)17-10-12/h6-7,10H,3-5,8-9H2,1-2H3,(H,15,18)(H,16,19). The number of nitrogens with zero attached hydrogens (tertiary/aromatic N) is 1. The first-order valence-electron chi connectivity index (χ1n) is 6.61. The molecule has 0 unspecified atom stereocenters. The molecule has 1 aromatic heterocycles. The number of hydrogen-bond acceptors (Lipinski definition) is 3. The minimum atomic E-state index is -0.171. The summed E-state index contributed by atoms with van der Waals surface area (Å²) in [5.74, 6) is -0.136. The van der Waals surface area contributed by atoms with Gasteiger partial charge in [-0.3, -0.25) is 14.6 Å². The Morgan fingerprint density at radius 1 is 1.21 bits per heavy atom. The van der Waals surface area contributed by atoms with Gasteiger partial charge in [0.15, 0.2) is 0 Å². The van der Waals surface area contributed by atoms with Gasteiger partial charge in [-0.1, -0.05) is 13.3 Å². The summed E-state index contributed by atoms with van der Waals surface area (Å²) in [6.07, 6.45) is 3.99. The molecule has 0 spiro atoms. The molecule has 0 aliphatic carbocycles. The predicted octanol–water partition coefficient (Wildman–Crippen LogP) is 1.43. The number of aromatic nitrogens is 1. The van der Waals surface area contributed by atoms with Crippen molar-refractivity contribution >= 4 is 11.8 Å². The van der Waals surface area contributed by atoms with Crippen LogP contribution in [0.4, 0.5) is 0 Å². The summed E-state index contributed by atoms with van der Waals surface area (Å²) in [6, 6.07) is 3.53. The molecule has 19 heavy (non-hydrogen) atoms. The Balaban J connectivity index is 2.20. The Bertz CT molecular complexity index is 415. The van der Waals surface area contributed by atoms with Gasteiger partial charge in [0.2, 0.25) is 5.91 Å². The highest BCUT2D eigenvalue weighted by molar-refractivity contribution is 5.93. The van der Waals surface area contributed by atoms with Crippen LogP contribution in [-0.2, 0) is 4.79 Å². The molecular weight excluding hydrogens is 242 g/mol. The van der Waals surface area contributed by atoms with E-state index in [1.165, 1.54) is 0 Å². The van der Waals surface area contributed by atoms with Gasteiger partial charge in [0.05, 0.1) is 5.56 Å². The molecule has 0 saturated carbocycles. The topological polar surface area (TPSA) is 71.1 Å². The average Bonchev–Trinajstić information content (AvgIpc) is 2.41. The summed E-state index contributed by atoms with van der Waals surface area (Å²) < 4.78 is 0. The highest BCUT2D eigenvalue weighted by atomic mass is 16.2. The van der Waals surface area contributed by atoms with Gasteiger partial charge in [-0.05, 0) is 25.5 Å². The highest BCUT2D eigenvalue weighted by Crippen LogP contribution is 1.98. The molecule has 0 saturated heterocycles. The van der Waals surface area contributed by atoms with Crippen molar-refractivity contribution in [2.75, 3.05) is 13.1 Å². The van der Waals surface area contributed by atoms with Gasteiger partial charge in [0, 0.05) is 31.4 Å². The van der Waals surface area contributed by atoms with Crippen LogP contribution in [0.5, 0.6) is 0 Å². The summed E-state index contributed by atoms with van der Waals surface area (Å²) in [6.45, 7) is 4.79. The lowest BCUT2D eigenvalue weighted by Gasteiger charge is -2.07. The first-order chi connectivity index (χ1) is 9.13. The van der Waals surface area contributed by atoms with E-state index in [-0.39, 0.29) is 11.8 Å². The Hall–Kier alpha value is -1.91. The lowest BCUT2D eigenvalue weighted by atomic mass is 10.2. The molecular formula is C14H21N3O2. The number of carbonyl (C=O) groups is 2. The number of rotatable bonds is 7. The molecule has 0 aliphatic heterocycles. The SMILES string of the molecule is CCCCC(=O)NCCNC(=O)c1ccc(C)nc1. The summed E-state index contributed by atoms with van der Waals surface area (Å²) in [4.78, 5) is 27.1. The van der Waals surface area contributed by atoms with Gasteiger partial charge < -0.3 is 10.6 Å². The zero-order chi connectivity index (χ0) is 14.1. The van der Waals surface area contributed by atoms with Crippen LogP contribution >= 0.6 is 0 Å². The van der Waals surface area contributed by atoms with Crippen LogP contribution in [-0.4, -0.2) is 29.9 Å². The van der Waals surface area contributed by atoms with Crippen LogP contribution < -0.4 is 10.6 Å². The van der Waals surface area contributed by atoms with Gasteiger partial charge in [0.1, 0.15) is 0 Å². The number of carbonyl (C=O) groups excluding carboxylic acids is 2. The van der Waals surface area contributed by atoms with Gasteiger partial charge in [0.25, 0.3) is 5.91 Å². The molecule has 0 fully saturated rings.